The lowest BCUT2D eigenvalue weighted by molar-refractivity contribution is 0.0562. The van der Waals surface area contributed by atoms with Crippen LogP contribution in [0.4, 0.5) is 5.69 Å². The summed E-state index contributed by atoms with van der Waals surface area (Å²) in [7, 11) is 3.94. The van der Waals surface area contributed by atoms with Gasteiger partial charge in [-0.05, 0) is 43.9 Å². The van der Waals surface area contributed by atoms with Gasteiger partial charge in [-0.2, -0.15) is 0 Å². The Balaban J connectivity index is 2.15. The SMILES string of the molecule is CN(C)c1cccc(C(=O)N(CCCO)C2CCC2)c1. The van der Waals surface area contributed by atoms with Gasteiger partial charge in [0.2, 0.25) is 0 Å². The molecule has 110 valence electrons. The second kappa shape index (κ2) is 6.75. The number of carbonyl (C=O) groups excluding carboxylic acids is 1. The molecule has 1 aliphatic rings. The molecule has 2 rings (SSSR count). The number of anilines is 1. The van der Waals surface area contributed by atoms with Crippen LogP contribution in [0.2, 0.25) is 0 Å². The Hall–Kier alpha value is -1.55. The number of aliphatic hydroxyl groups excluding tert-OH is 1. The van der Waals surface area contributed by atoms with Crippen molar-refractivity contribution in [2.24, 2.45) is 0 Å². The monoisotopic (exact) mass is 276 g/mol. The predicted octanol–water partition coefficient (Wildman–Crippen LogP) is 2.13. The summed E-state index contributed by atoms with van der Waals surface area (Å²) in [4.78, 5) is 16.6. The first-order chi connectivity index (χ1) is 9.63. The van der Waals surface area contributed by atoms with Crippen LogP contribution in [-0.2, 0) is 0 Å². The van der Waals surface area contributed by atoms with Crippen molar-refractivity contribution in [3.63, 3.8) is 0 Å². The van der Waals surface area contributed by atoms with Crippen molar-refractivity contribution in [2.45, 2.75) is 31.7 Å². The molecule has 0 radical (unpaired) electrons. The van der Waals surface area contributed by atoms with Crippen LogP contribution in [0.5, 0.6) is 0 Å². The number of amides is 1. The molecule has 1 amide bonds. The highest BCUT2D eigenvalue weighted by molar-refractivity contribution is 5.95. The molecule has 0 aliphatic heterocycles. The van der Waals surface area contributed by atoms with Crippen LogP contribution in [0.25, 0.3) is 0 Å². The minimum Gasteiger partial charge on any atom is -0.396 e. The summed E-state index contributed by atoms with van der Waals surface area (Å²) in [5.41, 5.74) is 1.77. The standard InChI is InChI=1S/C16H24N2O2/c1-17(2)15-9-3-6-13(12-15)16(20)18(10-5-11-19)14-7-4-8-14/h3,6,9,12,14,19H,4-5,7-8,10-11H2,1-2H3. The summed E-state index contributed by atoms with van der Waals surface area (Å²) < 4.78 is 0. The zero-order valence-electron chi connectivity index (χ0n) is 12.4. The highest BCUT2D eigenvalue weighted by Gasteiger charge is 2.29. The third kappa shape index (κ3) is 3.31. The molecular formula is C16H24N2O2. The van der Waals surface area contributed by atoms with Gasteiger partial charge in [-0.3, -0.25) is 4.79 Å². The van der Waals surface area contributed by atoms with Gasteiger partial charge in [0.15, 0.2) is 0 Å². The maximum absolute atomic E-state index is 12.7. The van der Waals surface area contributed by atoms with E-state index in [9.17, 15) is 4.79 Å². The van der Waals surface area contributed by atoms with Crippen LogP contribution in [-0.4, -0.2) is 49.2 Å². The lowest BCUT2D eigenvalue weighted by Gasteiger charge is -2.37. The van der Waals surface area contributed by atoms with Gasteiger partial charge in [-0.1, -0.05) is 6.07 Å². The maximum atomic E-state index is 12.7. The Morgan fingerprint density at radius 1 is 1.35 bits per heavy atom. The molecule has 0 saturated heterocycles. The Bertz CT molecular complexity index is 456. The highest BCUT2D eigenvalue weighted by Crippen LogP contribution is 2.27. The number of hydrogen-bond acceptors (Lipinski definition) is 3. The number of nitrogens with zero attached hydrogens (tertiary/aromatic N) is 2. The number of aliphatic hydroxyl groups is 1. The van der Waals surface area contributed by atoms with Crippen molar-refractivity contribution in [1.29, 1.82) is 0 Å². The normalized spacial score (nSPS) is 14.8. The fourth-order valence-corrected chi connectivity index (χ4v) is 2.47. The van der Waals surface area contributed by atoms with E-state index in [1.54, 1.807) is 0 Å². The molecule has 1 N–H and O–H groups in total. The van der Waals surface area contributed by atoms with Gasteiger partial charge in [0, 0.05) is 44.5 Å². The Kier molecular flexibility index (Phi) is 5.01. The summed E-state index contributed by atoms with van der Waals surface area (Å²) in [6, 6.07) is 8.09. The van der Waals surface area contributed by atoms with E-state index in [0.717, 1.165) is 24.1 Å². The fourth-order valence-electron chi connectivity index (χ4n) is 2.47. The summed E-state index contributed by atoms with van der Waals surface area (Å²) in [5.74, 6) is 0.0897. The van der Waals surface area contributed by atoms with E-state index in [0.29, 0.717) is 19.0 Å². The summed E-state index contributed by atoms with van der Waals surface area (Å²) in [6.45, 7) is 0.778. The average Bonchev–Trinajstić information content (AvgIpc) is 2.40. The molecule has 0 spiro atoms. The van der Waals surface area contributed by atoms with Crippen molar-refractivity contribution in [1.82, 2.24) is 4.90 Å². The smallest absolute Gasteiger partial charge is 0.254 e. The second-order valence-corrected chi connectivity index (χ2v) is 5.61. The zero-order chi connectivity index (χ0) is 14.5. The van der Waals surface area contributed by atoms with Crippen LogP contribution in [0.3, 0.4) is 0 Å². The first-order valence-corrected chi connectivity index (χ1v) is 7.32. The van der Waals surface area contributed by atoms with Gasteiger partial charge in [-0.15, -0.1) is 0 Å². The zero-order valence-corrected chi connectivity index (χ0v) is 12.4. The molecule has 1 aromatic rings. The molecule has 0 aromatic heterocycles. The molecule has 1 fully saturated rings. The molecule has 0 bridgehead atoms. The van der Waals surface area contributed by atoms with Crippen LogP contribution in [0, 0.1) is 0 Å². The minimum absolute atomic E-state index is 0.0897. The van der Waals surface area contributed by atoms with Crippen LogP contribution in [0.1, 0.15) is 36.0 Å². The summed E-state index contributed by atoms with van der Waals surface area (Å²) in [6.07, 6.45) is 4.02. The van der Waals surface area contributed by atoms with E-state index in [2.05, 4.69) is 0 Å². The van der Waals surface area contributed by atoms with Gasteiger partial charge in [0.1, 0.15) is 0 Å². The third-order valence-corrected chi connectivity index (χ3v) is 3.94. The Labute approximate surface area is 121 Å². The quantitative estimate of drug-likeness (QED) is 0.865. The van der Waals surface area contributed by atoms with Gasteiger partial charge in [0.25, 0.3) is 5.91 Å². The first kappa shape index (κ1) is 14.9. The van der Waals surface area contributed by atoms with E-state index >= 15 is 0 Å². The van der Waals surface area contributed by atoms with Crippen LogP contribution in [0.15, 0.2) is 24.3 Å². The Morgan fingerprint density at radius 2 is 2.10 bits per heavy atom. The second-order valence-electron chi connectivity index (χ2n) is 5.61. The van der Waals surface area contributed by atoms with Gasteiger partial charge in [-0.25, -0.2) is 0 Å². The largest absolute Gasteiger partial charge is 0.396 e. The molecule has 0 heterocycles. The van der Waals surface area contributed by atoms with E-state index in [1.807, 2.05) is 48.2 Å². The molecule has 1 aromatic carbocycles. The predicted molar refractivity (Wildman–Crippen MR) is 81.1 cm³/mol. The topological polar surface area (TPSA) is 43.8 Å². The van der Waals surface area contributed by atoms with Crippen LogP contribution < -0.4 is 4.90 Å². The third-order valence-electron chi connectivity index (χ3n) is 3.94. The van der Waals surface area contributed by atoms with Gasteiger partial charge in [0.05, 0.1) is 0 Å². The van der Waals surface area contributed by atoms with Crippen LogP contribution >= 0.6 is 0 Å². The Morgan fingerprint density at radius 3 is 2.65 bits per heavy atom. The molecular weight excluding hydrogens is 252 g/mol. The lowest BCUT2D eigenvalue weighted by atomic mass is 9.90. The summed E-state index contributed by atoms with van der Waals surface area (Å²) in [5, 5.41) is 9.01. The number of carbonyl (C=O) groups is 1. The van der Waals surface area contributed by atoms with E-state index in [1.165, 1.54) is 6.42 Å². The molecule has 0 atom stereocenters. The fraction of sp³-hybridized carbons (Fsp3) is 0.562. The number of hydrogen-bond donors (Lipinski definition) is 1. The first-order valence-electron chi connectivity index (χ1n) is 7.32. The van der Waals surface area contributed by atoms with Crippen molar-refractivity contribution >= 4 is 11.6 Å². The van der Waals surface area contributed by atoms with Gasteiger partial charge < -0.3 is 14.9 Å². The molecule has 0 unspecified atom stereocenters. The average molecular weight is 276 g/mol. The summed E-state index contributed by atoms with van der Waals surface area (Å²) >= 11 is 0. The van der Waals surface area contributed by atoms with E-state index in [-0.39, 0.29) is 12.5 Å². The van der Waals surface area contributed by atoms with E-state index < -0.39 is 0 Å². The van der Waals surface area contributed by atoms with Crippen molar-refractivity contribution < 1.29 is 9.90 Å². The lowest BCUT2D eigenvalue weighted by Crippen LogP contribution is -2.45. The molecule has 1 saturated carbocycles. The minimum atomic E-state index is 0.0897. The highest BCUT2D eigenvalue weighted by atomic mass is 16.3. The van der Waals surface area contributed by atoms with Gasteiger partial charge >= 0.3 is 0 Å². The van der Waals surface area contributed by atoms with E-state index in [4.69, 9.17) is 5.11 Å². The van der Waals surface area contributed by atoms with Crippen molar-refractivity contribution in [2.75, 3.05) is 32.1 Å². The van der Waals surface area contributed by atoms with Crippen molar-refractivity contribution in [3.8, 4) is 0 Å². The molecule has 4 nitrogen and oxygen atoms in total. The maximum Gasteiger partial charge on any atom is 0.254 e. The molecule has 20 heavy (non-hydrogen) atoms. The number of benzene rings is 1. The molecule has 4 heteroatoms. The molecule has 1 aliphatic carbocycles. The number of rotatable bonds is 6. The van der Waals surface area contributed by atoms with Crippen molar-refractivity contribution in [3.05, 3.63) is 29.8 Å².